The van der Waals surface area contributed by atoms with Crippen LogP contribution >= 0.6 is 0 Å². The topological polar surface area (TPSA) is 138 Å². The number of ether oxygens (including phenoxy) is 4. The zero-order valence-electron chi connectivity index (χ0n) is 25.2. The first-order valence-corrected chi connectivity index (χ1v) is 14.9. The van der Waals surface area contributed by atoms with Gasteiger partial charge in [-0.05, 0) is 77.9 Å². The highest BCUT2D eigenvalue weighted by atomic mass is 16.6. The van der Waals surface area contributed by atoms with Crippen molar-refractivity contribution in [2.45, 2.75) is 12.6 Å². The van der Waals surface area contributed by atoms with E-state index in [0.717, 1.165) is 5.56 Å². The average molecular weight is 630 g/mol. The minimum atomic E-state index is -1.09. The number of rotatable bonds is 11. The van der Waals surface area contributed by atoms with E-state index in [-0.39, 0.29) is 5.56 Å². The monoisotopic (exact) mass is 629 g/mol. The molecule has 10 nitrogen and oxygen atoms in total. The van der Waals surface area contributed by atoms with Crippen LogP contribution in [0.4, 0.5) is 5.69 Å². The molecule has 4 N–H and O–H groups in total. The SMILES string of the molecule is NC(=O)c1cccc(NC(=O)[C@@H](NC(=O)c2ccc(Oc3ccc4c(c3)OCCO4)cc2)c2ccc(OCc3ccccc3)cc2)c1. The summed E-state index contributed by atoms with van der Waals surface area (Å²) in [5.41, 5.74) is 7.86. The van der Waals surface area contributed by atoms with E-state index in [2.05, 4.69) is 10.6 Å². The molecule has 0 radical (unpaired) electrons. The van der Waals surface area contributed by atoms with Gasteiger partial charge in [0, 0.05) is 22.9 Å². The second kappa shape index (κ2) is 14.2. The Morgan fingerprint density at radius 2 is 1.40 bits per heavy atom. The molecule has 3 amide bonds. The maximum Gasteiger partial charge on any atom is 0.252 e. The molecule has 236 valence electrons. The standard InChI is InChI=1S/C37H31N3O7/c38-35(41)27-7-4-8-28(21-27)39-37(43)34(25-9-13-29(14-10-25)46-23-24-5-2-1-3-6-24)40-36(42)26-11-15-30(16-12-26)47-31-17-18-32-33(22-31)45-20-19-44-32/h1-18,21-22,34H,19-20,23H2,(H2,38,41)(H,39,43)(H,40,42)/t34-/m0/s1. The van der Waals surface area contributed by atoms with Crippen molar-refractivity contribution >= 4 is 23.4 Å². The second-order valence-corrected chi connectivity index (χ2v) is 10.6. The normalized spacial score (nSPS) is 12.3. The first-order chi connectivity index (χ1) is 22.9. The Hall–Kier alpha value is -6.29. The highest BCUT2D eigenvalue weighted by Gasteiger charge is 2.24. The molecule has 0 saturated carbocycles. The van der Waals surface area contributed by atoms with Crippen molar-refractivity contribution in [2.24, 2.45) is 5.73 Å². The van der Waals surface area contributed by atoms with E-state index in [1.807, 2.05) is 30.3 Å². The molecule has 10 heteroatoms. The minimum absolute atomic E-state index is 0.238. The molecule has 0 fully saturated rings. The summed E-state index contributed by atoms with van der Waals surface area (Å²) in [6.45, 7) is 1.34. The first kappa shape index (κ1) is 30.7. The summed E-state index contributed by atoms with van der Waals surface area (Å²) in [4.78, 5) is 38.7. The third-order valence-electron chi connectivity index (χ3n) is 7.28. The van der Waals surface area contributed by atoms with Crippen LogP contribution in [-0.2, 0) is 11.4 Å². The number of carbonyl (C=O) groups excluding carboxylic acids is 3. The van der Waals surface area contributed by atoms with Crippen molar-refractivity contribution in [3.63, 3.8) is 0 Å². The van der Waals surface area contributed by atoms with E-state index < -0.39 is 23.8 Å². The number of benzene rings is 5. The highest BCUT2D eigenvalue weighted by Crippen LogP contribution is 2.35. The lowest BCUT2D eigenvalue weighted by atomic mass is 10.0. The molecule has 0 aromatic heterocycles. The molecule has 47 heavy (non-hydrogen) atoms. The molecule has 1 atom stereocenters. The summed E-state index contributed by atoms with van der Waals surface area (Å²) < 4.78 is 23.0. The van der Waals surface area contributed by atoms with Crippen molar-refractivity contribution in [3.05, 3.63) is 144 Å². The number of fused-ring (bicyclic) bond motifs is 1. The number of anilines is 1. The van der Waals surface area contributed by atoms with E-state index >= 15 is 0 Å². The van der Waals surface area contributed by atoms with Crippen LogP contribution in [0, 0.1) is 0 Å². The van der Waals surface area contributed by atoms with Gasteiger partial charge in [0.25, 0.3) is 11.8 Å². The molecule has 1 aliphatic rings. The van der Waals surface area contributed by atoms with Gasteiger partial charge in [-0.25, -0.2) is 0 Å². The summed E-state index contributed by atoms with van der Waals surface area (Å²) in [5.74, 6) is 1.30. The molecule has 0 bridgehead atoms. The smallest absolute Gasteiger partial charge is 0.252 e. The van der Waals surface area contributed by atoms with Crippen molar-refractivity contribution < 1.29 is 33.3 Å². The zero-order valence-corrected chi connectivity index (χ0v) is 25.2. The number of hydrogen-bond acceptors (Lipinski definition) is 7. The Bertz CT molecular complexity index is 1880. The minimum Gasteiger partial charge on any atom is -0.489 e. The van der Waals surface area contributed by atoms with Crippen LogP contribution < -0.4 is 35.3 Å². The molecule has 0 saturated heterocycles. The fraction of sp³-hybridized carbons (Fsp3) is 0.108. The number of carbonyl (C=O) groups is 3. The molecule has 1 aliphatic heterocycles. The fourth-order valence-electron chi connectivity index (χ4n) is 4.87. The maximum absolute atomic E-state index is 13.6. The fourth-order valence-corrected chi connectivity index (χ4v) is 4.87. The molecular weight excluding hydrogens is 598 g/mol. The summed E-state index contributed by atoms with van der Waals surface area (Å²) >= 11 is 0. The van der Waals surface area contributed by atoms with Crippen LogP contribution in [0.5, 0.6) is 28.7 Å². The summed E-state index contributed by atoms with van der Waals surface area (Å²) in [6.07, 6.45) is 0. The molecule has 0 spiro atoms. The lowest BCUT2D eigenvalue weighted by Gasteiger charge is -2.20. The van der Waals surface area contributed by atoms with Crippen LogP contribution in [0.15, 0.2) is 121 Å². The molecule has 0 unspecified atom stereocenters. The van der Waals surface area contributed by atoms with Gasteiger partial charge in [-0.3, -0.25) is 14.4 Å². The van der Waals surface area contributed by atoms with Gasteiger partial charge < -0.3 is 35.3 Å². The van der Waals surface area contributed by atoms with Crippen molar-refractivity contribution in [1.29, 1.82) is 0 Å². The van der Waals surface area contributed by atoms with Gasteiger partial charge in [-0.2, -0.15) is 0 Å². The van der Waals surface area contributed by atoms with Gasteiger partial charge >= 0.3 is 0 Å². The Kier molecular flexibility index (Phi) is 9.29. The lowest BCUT2D eigenvalue weighted by molar-refractivity contribution is -0.118. The molecule has 0 aliphatic carbocycles. The maximum atomic E-state index is 13.6. The number of primary amides is 1. The molecule has 5 aromatic carbocycles. The number of amides is 3. The Balaban J connectivity index is 1.17. The highest BCUT2D eigenvalue weighted by molar-refractivity contribution is 6.02. The summed E-state index contributed by atoms with van der Waals surface area (Å²) in [6, 6.07) is 33.7. The Labute approximate surface area is 271 Å². The third kappa shape index (κ3) is 7.87. The quantitative estimate of drug-likeness (QED) is 0.162. The molecule has 5 aromatic rings. The van der Waals surface area contributed by atoms with Gasteiger partial charge in [0.05, 0.1) is 0 Å². The van der Waals surface area contributed by atoms with E-state index in [0.29, 0.717) is 65.4 Å². The molecule has 1 heterocycles. The lowest BCUT2D eigenvalue weighted by Crippen LogP contribution is -2.37. The second-order valence-electron chi connectivity index (χ2n) is 10.6. The van der Waals surface area contributed by atoms with Gasteiger partial charge in [0.2, 0.25) is 5.91 Å². The van der Waals surface area contributed by atoms with Crippen LogP contribution in [0.2, 0.25) is 0 Å². The van der Waals surface area contributed by atoms with Crippen LogP contribution in [-0.4, -0.2) is 30.9 Å². The molecular formula is C37H31N3O7. The summed E-state index contributed by atoms with van der Waals surface area (Å²) in [5, 5.41) is 5.61. The van der Waals surface area contributed by atoms with Crippen LogP contribution in [0.25, 0.3) is 0 Å². The van der Waals surface area contributed by atoms with Crippen LogP contribution in [0.3, 0.4) is 0 Å². The van der Waals surface area contributed by atoms with E-state index in [1.54, 1.807) is 84.9 Å². The van der Waals surface area contributed by atoms with Crippen LogP contribution in [0.1, 0.15) is 37.9 Å². The van der Waals surface area contributed by atoms with Crippen molar-refractivity contribution in [3.8, 4) is 28.7 Å². The van der Waals surface area contributed by atoms with Gasteiger partial charge in [0.15, 0.2) is 11.5 Å². The largest absolute Gasteiger partial charge is 0.489 e. The van der Waals surface area contributed by atoms with Gasteiger partial charge in [-0.15, -0.1) is 0 Å². The van der Waals surface area contributed by atoms with Gasteiger partial charge in [-0.1, -0.05) is 48.5 Å². The Morgan fingerprint density at radius 1 is 0.702 bits per heavy atom. The van der Waals surface area contributed by atoms with E-state index in [1.165, 1.54) is 6.07 Å². The van der Waals surface area contributed by atoms with Crippen molar-refractivity contribution in [2.75, 3.05) is 18.5 Å². The first-order valence-electron chi connectivity index (χ1n) is 14.9. The zero-order chi connectivity index (χ0) is 32.6. The van der Waals surface area contributed by atoms with Gasteiger partial charge in [0.1, 0.15) is 43.1 Å². The van der Waals surface area contributed by atoms with E-state index in [9.17, 15) is 14.4 Å². The average Bonchev–Trinajstić information content (AvgIpc) is 3.10. The molecule has 6 rings (SSSR count). The number of nitrogens with one attached hydrogen (secondary N) is 2. The summed E-state index contributed by atoms with van der Waals surface area (Å²) in [7, 11) is 0. The predicted molar refractivity (Wildman–Crippen MR) is 175 cm³/mol. The van der Waals surface area contributed by atoms with E-state index in [4.69, 9.17) is 24.7 Å². The third-order valence-corrected chi connectivity index (χ3v) is 7.28. The number of nitrogens with two attached hydrogens (primary N) is 1. The predicted octanol–water partition coefficient (Wildman–Crippen LogP) is 6.04. The van der Waals surface area contributed by atoms with Crippen molar-refractivity contribution in [1.82, 2.24) is 5.32 Å². The number of hydrogen-bond donors (Lipinski definition) is 3. The Morgan fingerprint density at radius 3 is 2.15 bits per heavy atom.